The molecule has 2 amide bonds. The number of amides is 2. The first-order valence-electron chi connectivity index (χ1n) is 12.4. The van der Waals surface area contributed by atoms with Gasteiger partial charge in [0.05, 0.1) is 10.6 Å². The van der Waals surface area contributed by atoms with Gasteiger partial charge in [-0.05, 0) is 68.7 Å². The number of para-hydroxylation sites is 1. The highest BCUT2D eigenvalue weighted by Crippen LogP contribution is 2.41. The number of hydrogen-bond donors (Lipinski definition) is 1. The van der Waals surface area contributed by atoms with Crippen LogP contribution in [-0.2, 0) is 9.59 Å². The van der Waals surface area contributed by atoms with Gasteiger partial charge in [0.2, 0.25) is 5.91 Å². The number of benzene rings is 3. The maximum absolute atomic E-state index is 13.4. The molecule has 0 saturated carbocycles. The van der Waals surface area contributed by atoms with Gasteiger partial charge in [-0.1, -0.05) is 65.9 Å². The zero-order valence-electron chi connectivity index (χ0n) is 21.2. The summed E-state index contributed by atoms with van der Waals surface area (Å²) >= 11 is 1.45. The molecule has 0 aromatic heterocycles. The summed E-state index contributed by atoms with van der Waals surface area (Å²) < 4.78 is 0. The summed E-state index contributed by atoms with van der Waals surface area (Å²) in [6.07, 6.45) is 2.73. The molecule has 36 heavy (non-hydrogen) atoms. The molecule has 0 bridgehead atoms. The van der Waals surface area contributed by atoms with Crippen molar-refractivity contribution in [2.45, 2.75) is 32.1 Å². The molecule has 0 unspecified atom stereocenters. The first-order chi connectivity index (χ1) is 17.4. The van der Waals surface area contributed by atoms with Crippen molar-refractivity contribution in [1.29, 1.82) is 0 Å². The minimum absolute atomic E-state index is 0.00296. The molecule has 1 heterocycles. The smallest absolute Gasteiger partial charge is 0.265 e. The van der Waals surface area contributed by atoms with Crippen LogP contribution in [0.3, 0.4) is 0 Å². The Kier molecular flexibility index (Phi) is 8.49. The Labute approximate surface area is 218 Å². The van der Waals surface area contributed by atoms with Gasteiger partial charge in [0.25, 0.3) is 5.91 Å². The molecule has 0 atom stereocenters. The van der Waals surface area contributed by atoms with Crippen molar-refractivity contribution < 1.29 is 9.59 Å². The van der Waals surface area contributed by atoms with Gasteiger partial charge >= 0.3 is 0 Å². The van der Waals surface area contributed by atoms with Crippen molar-refractivity contribution >= 4 is 41.0 Å². The van der Waals surface area contributed by atoms with E-state index in [0.717, 1.165) is 35.7 Å². The number of carbonyl (C=O) groups is 2. The third-order valence-corrected chi connectivity index (χ3v) is 7.26. The number of nitrogens with zero attached hydrogens (tertiary/aromatic N) is 2. The number of anilines is 2. The highest BCUT2D eigenvalue weighted by atomic mass is 32.2. The summed E-state index contributed by atoms with van der Waals surface area (Å²) in [6, 6.07) is 24.3. The molecule has 0 radical (unpaired) electrons. The van der Waals surface area contributed by atoms with E-state index in [1.807, 2.05) is 61.5 Å². The summed E-state index contributed by atoms with van der Waals surface area (Å²) in [7, 11) is 0. The Morgan fingerprint density at radius 1 is 1.00 bits per heavy atom. The lowest BCUT2D eigenvalue weighted by Crippen LogP contribution is -2.43. The van der Waals surface area contributed by atoms with Crippen molar-refractivity contribution in [2.24, 2.45) is 0 Å². The van der Waals surface area contributed by atoms with E-state index in [9.17, 15) is 9.59 Å². The maximum Gasteiger partial charge on any atom is 0.265 e. The molecule has 0 spiro atoms. The Morgan fingerprint density at radius 3 is 2.53 bits per heavy atom. The second kappa shape index (κ2) is 12.0. The quantitative estimate of drug-likeness (QED) is 0.298. The van der Waals surface area contributed by atoms with E-state index in [0.29, 0.717) is 11.4 Å². The van der Waals surface area contributed by atoms with Crippen LogP contribution in [0, 0.1) is 13.8 Å². The topological polar surface area (TPSA) is 52.7 Å². The van der Waals surface area contributed by atoms with E-state index in [1.165, 1.54) is 28.6 Å². The molecule has 3 aromatic carbocycles. The molecular weight excluding hydrogens is 466 g/mol. The van der Waals surface area contributed by atoms with E-state index in [4.69, 9.17) is 0 Å². The molecule has 0 fully saturated rings. The first kappa shape index (κ1) is 25.6. The van der Waals surface area contributed by atoms with Crippen molar-refractivity contribution in [2.75, 3.05) is 36.0 Å². The van der Waals surface area contributed by atoms with Crippen molar-refractivity contribution in [3.05, 3.63) is 94.4 Å². The molecule has 0 aliphatic carbocycles. The van der Waals surface area contributed by atoms with E-state index >= 15 is 0 Å². The van der Waals surface area contributed by atoms with Gasteiger partial charge in [-0.2, -0.15) is 0 Å². The van der Waals surface area contributed by atoms with Gasteiger partial charge in [-0.25, -0.2) is 0 Å². The van der Waals surface area contributed by atoms with Crippen LogP contribution < -0.4 is 15.1 Å². The largest absolute Gasteiger partial charge is 0.372 e. The SMILES string of the molecule is CCN(CCCNC(=O)CN1C(=O)C(=Cc2ccc(C)cc2)Sc2ccccc21)c1cccc(C)c1. The Hall–Kier alpha value is -3.51. The molecule has 0 saturated heterocycles. The number of fused-ring (bicyclic) bond motifs is 1. The van der Waals surface area contributed by atoms with Gasteiger partial charge in [-0.3, -0.25) is 14.5 Å². The third kappa shape index (κ3) is 6.38. The maximum atomic E-state index is 13.4. The van der Waals surface area contributed by atoms with E-state index in [-0.39, 0.29) is 18.4 Å². The molecule has 4 rings (SSSR count). The highest BCUT2D eigenvalue weighted by Gasteiger charge is 2.30. The lowest BCUT2D eigenvalue weighted by Gasteiger charge is -2.30. The van der Waals surface area contributed by atoms with Crippen molar-refractivity contribution in [1.82, 2.24) is 5.32 Å². The van der Waals surface area contributed by atoms with Crippen LogP contribution >= 0.6 is 11.8 Å². The fraction of sp³-hybridized carbons (Fsp3) is 0.267. The monoisotopic (exact) mass is 499 g/mol. The van der Waals surface area contributed by atoms with Crippen LogP contribution in [-0.4, -0.2) is 38.0 Å². The third-order valence-electron chi connectivity index (χ3n) is 6.18. The molecule has 3 aromatic rings. The van der Waals surface area contributed by atoms with Gasteiger partial charge in [0.1, 0.15) is 6.54 Å². The number of nitrogens with one attached hydrogen (secondary N) is 1. The normalized spacial score (nSPS) is 14.0. The molecule has 6 heteroatoms. The summed E-state index contributed by atoms with van der Waals surface area (Å²) in [6.45, 7) is 8.59. The van der Waals surface area contributed by atoms with E-state index in [2.05, 4.69) is 48.3 Å². The van der Waals surface area contributed by atoms with Crippen molar-refractivity contribution in [3.8, 4) is 0 Å². The summed E-state index contributed by atoms with van der Waals surface area (Å²) in [4.78, 5) is 31.7. The molecular formula is C30H33N3O2S. The lowest BCUT2D eigenvalue weighted by atomic mass is 10.1. The van der Waals surface area contributed by atoms with E-state index in [1.54, 1.807) is 4.90 Å². The zero-order chi connectivity index (χ0) is 25.5. The van der Waals surface area contributed by atoms with Gasteiger partial charge in [-0.15, -0.1) is 0 Å². The van der Waals surface area contributed by atoms with Gasteiger partial charge in [0, 0.05) is 30.2 Å². The summed E-state index contributed by atoms with van der Waals surface area (Å²) in [5.41, 5.74) is 5.35. The van der Waals surface area contributed by atoms with Crippen LogP contribution in [0.4, 0.5) is 11.4 Å². The fourth-order valence-electron chi connectivity index (χ4n) is 4.22. The second-order valence-corrected chi connectivity index (χ2v) is 10.1. The molecule has 186 valence electrons. The molecule has 1 N–H and O–H groups in total. The van der Waals surface area contributed by atoms with Gasteiger partial charge in [0.15, 0.2) is 0 Å². The number of rotatable bonds is 9. The van der Waals surface area contributed by atoms with Gasteiger partial charge < -0.3 is 10.2 Å². The number of thioether (sulfide) groups is 1. The van der Waals surface area contributed by atoms with Crippen LogP contribution in [0.25, 0.3) is 6.08 Å². The Bertz CT molecular complexity index is 1250. The van der Waals surface area contributed by atoms with Crippen LogP contribution in [0.1, 0.15) is 30.0 Å². The molecule has 5 nitrogen and oxygen atoms in total. The standard InChI is InChI=1S/C30H33N3O2S/c1-4-32(25-10-7-9-23(3)19-25)18-8-17-31-29(34)21-33-26-11-5-6-12-27(26)36-28(30(33)35)20-24-15-13-22(2)14-16-24/h5-7,9-16,19-20H,4,8,17-18,21H2,1-3H3,(H,31,34). The zero-order valence-corrected chi connectivity index (χ0v) is 22.0. The second-order valence-electron chi connectivity index (χ2n) is 9.00. The predicted octanol–water partition coefficient (Wildman–Crippen LogP) is 5.82. The average molecular weight is 500 g/mol. The lowest BCUT2D eigenvalue weighted by molar-refractivity contribution is -0.122. The van der Waals surface area contributed by atoms with Crippen LogP contribution in [0.2, 0.25) is 0 Å². The molecule has 1 aliphatic rings. The van der Waals surface area contributed by atoms with E-state index < -0.39 is 0 Å². The number of carbonyl (C=O) groups excluding carboxylic acids is 2. The number of aryl methyl sites for hydroxylation is 2. The Balaban J connectivity index is 1.38. The minimum Gasteiger partial charge on any atom is -0.372 e. The highest BCUT2D eigenvalue weighted by molar-refractivity contribution is 8.04. The summed E-state index contributed by atoms with van der Waals surface area (Å²) in [5, 5.41) is 3.01. The molecule has 1 aliphatic heterocycles. The minimum atomic E-state index is -0.154. The fourth-order valence-corrected chi connectivity index (χ4v) is 5.28. The van der Waals surface area contributed by atoms with Crippen LogP contribution in [0.15, 0.2) is 82.6 Å². The Morgan fingerprint density at radius 2 is 1.78 bits per heavy atom. The first-order valence-corrected chi connectivity index (χ1v) is 13.2. The van der Waals surface area contributed by atoms with Crippen LogP contribution in [0.5, 0.6) is 0 Å². The average Bonchev–Trinajstić information content (AvgIpc) is 2.88. The predicted molar refractivity (Wildman–Crippen MR) is 151 cm³/mol. The summed E-state index contributed by atoms with van der Waals surface area (Å²) in [5.74, 6) is -0.302. The number of hydrogen-bond acceptors (Lipinski definition) is 4. The van der Waals surface area contributed by atoms with Crippen molar-refractivity contribution in [3.63, 3.8) is 0 Å².